The van der Waals surface area contributed by atoms with Crippen molar-refractivity contribution in [1.82, 2.24) is 24.5 Å². The Morgan fingerprint density at radius 3 is 0.684 bits per heavy atom. The highest BCUT2D eigenvalue weighted by Gasteiger charge is 2.23. The summed E-state index contributed by atoms with van der Waals surface area (Å²) >= 11 is 0. The summed E-state index contributed by atoms with van der Waals surface area (Å²) < 4.78 is 0. The van der Waals surface area contributed by atoms with Crippen molar-refractivity contribution in [3.8, 4) is 0 Å². The van der Waals surface area contributed by atoms with Crippen LogP contribution in [0.5, 0.6) is 0 Å². The fourth-order valence-electron chi connectivity index (χ4n) is 11.7. The van der Waals surface area contributed by atoms with Crippen LogP contribution in [0.3, 0.4) is 0 Å². The van der Waals surface area contributed by atoms with E-state index in [-0.39, 0.29) is 30.5 Å². The standard InChI is InChI=1S/C66H137N5O5/c1-6-11-16-21-26-29-34-39-42-62(72)57-69(54-56-71(60-65(75)43-37-32-24-19-14-9-4)61-66(76)44-38-33-25-20-15-10-5)53-51-67-47-49-68(50-48-67)52-55-70(58-63(73)45-40-35-30-27-22-17-12-7-2)59-64(74)46-41-36-31-28-23-18-13-8-3/h62-66,72-76H,6-61H2,1-5H3. The Bertz CT molecular complexity index is 1100. The minimum absolute atomic E-state index is 0.341. The molecule has 0 aromatic carbocycles. The number of rotatable bonds is 60. The third kappa shape index (κ3) is 47.3. The molecule has 10 nitrogen and oxygen atoms in total. The van der Waals surface area contributed by atoms with E-state index in [0.29, 0.717) is 32.7 Å². The number of hydrogen-bond donors (Lipinski definition) is 5. The van der Waals surface area contributed by atoms with E-state index in [1.807, 2.05) is 0 Å². The van der Waals surface area contributed by atoms with Gasteiger partial charge in [-0.2, -0.15) is 0 Å². The summed E-state index contributed by atoms with van der Waals surface area (Å²) in [6.07, 6.45) is 47.7. The first-order valence-corrected chi connectivity index (χ1v) is 34.2. The number of hydrogen-bond acceptors (Lipinski definition) is 10. The van der Waals surface area contributed by atoms with Gasteiger partial charge in [-0.1, -0.05) is 266 Å². The minimum atomic E-state index is -0.383. The first-order valence-electron chi connectivity index (χ1n) is 34.2. The maximum atomic E-state index is 11.5. The van der Waals surface area contributed by atoms with Gasteiger partial charge < -0.3 is 25.5 Å². The molecule has 0 amide bonds. The van der Waals surface area contributed by atoms with E-state index in [1.54, 1.807) is 0 Å². The average Bonchev–Trinajstić information content (AvgIpc) is 3.40. The molecule has 1 aliphatic heterocycles. The molecule has 5 unspecified atom stereocenters. The van der Waals surface area contributed by atoms with Crippen LogP contribution in [0.2, 0.25) is 0 Å². The SMILES string of the molecule is CCCCCCCCCCC(O)CN(CCN1CCN(CCN(CC(O)CCCCCCCCCC)CC(O)CCCCCCCCCC)CC1)CCN(CC(O)CCCCCCCC)CC(O)CCCCCCCC. The number of unbranched alkanes of at least 4 members (excludes halogenated alkanes) is 31. The maximum Gasteiger partial charge on any atom is 0.0667 e. The van der Waals surface area contributed by atoms with Gasteiger partial charge in [-0.3, -0.25) is 24.5 Å². The summed E-state index contributed by atoms with van der Waals surface area (Å²) in [6.45, 7) is 24.0. The number of piperazine rings is 1. The fraction of sp³-hybridized carbons (Fsp3) is 1.00. The largest absolute Gasteiger partial charge is 0.392 e. The molecule has 456 valence electrons. The third-order valence-electron chi connectivity index (χ3n) is 17.0. The second-order valence-corrected chi connectivity index (χ2v) is 24.7. The lowest BCUT2D eigenvalue weighted by Crippen LogP contribution is -2.51. The lowest BCUT2D eigenvalue weighted by molar-refractivity contribution is 0.0419. The van der Waals surface area contributed by atoms with Gasteiger partial charge in [0.05, 0.1) is 30.5 Å². The van der Waals surface area contributed by atoms with E-state index < -0.39 is 0 Å². The normalized spacial score (nSPS) is 15.9. The van der Waals surface area contributed by atoms with Crippen molar-refractivity contribution >= 4 is 0 Å². The second kappa shape index (κ2) is 55.2. The predicted molar refractivity (Wildman–Crippen MR) is 330 cm³/mol. The van der Waals surface area contributed by atoms with Crippen LogP contribution < -0.4 is 0 Å². The zero-order valence-corrected chi connectivity index (χ0v) is 52.0. The molecular formula is C66H137N5O5. The van der Waals surface area contributed by atoms with Gasteiger partial charge in [-0.25, -0.2) is 0 Å². The van der Waals surface area contributed by atoms with Crippen molar-refractivity contribution in [3.05, 3.63) is 0 Å². The maximum absolute atomic E-state index is 11.5. The van der Waals surface area contributed by atoms with Crippen LogP contribution in [-0.2, 0) is 0 Å². The molecule has 76 heavy (non-hydrogen) atoms. The highest BCUT2D eigenvalue weighted by atomic mass is 16.3. The molecule has 1 rings (SSSR count). The van der Waals surface area contributed by atoms with E-state index in [2.05, 4.69) is 59.1 Å². The van der Waals surface area contributed by atoms with Crippen molar-refractivity contribution < 1.29 is 25.5 Å². The lowest BCUT2D eigenvalue weighted by atomic mass is 10.0. The van der Waals surface area contributed by atoms with Crippen molar-refractivity contribution in [2.75, 3.05) is 98.2 Å². The molecule has 0 aromatic rings. The lowest BCUT2D eigenvalue weighted by Gasteiger charge is -2.37. The van der Waals surface area contributed by atoms with Crippen molar-refractivity contribution in [3.63, 3.8) is 0 Å². The molecule has 5 atom stereocenters. The molecule has 1 saturated heterocycles. The first-order chi connectivity index (χ1) is 37.1. The Morgan fingerprint density at radius 1 is 0.250 bits per heavy atom. The van der Waals surface area contributed by atoms with E-state index in [1.165, 1.54) is 199 Å². The van der Waals surface area contributed by atoms with E-state index >= 15 is 0 Å². The summed E-state index contributed by atoms with van der Waals surface area (Å²) in [7, 11) is 0. The zero-order chi connectivity index (χ0) is 55.4. The Kier molecular flexibility index (Phi) is 53.4. The van der Waals surface area contributed by atoms with Crippen LogP contribution >= 0.6 is 0 Å². The highest BCUT2D eigenvalue weighted by molar-refractivity contribution is 4.79. The van der Waals surface area contributed by atoms with Crippen LogP contribution in [0.15, 0.2) is 0 Å². The van der Waals surface area contributed by atoms with Gasteiger partial charge in [0.25, 0.3) is 0 Å². The molecule has 1 fully saturated rings. The van der Waals surface area contributed by atoms with Gasteiger partial charge in [0, 0.05) is 98.2 Å². The topological polar surface area (TPSA) is 117 Å². The second-order valence-electron chi connectivity index (χ2n) is 24.7. The fourth-order valence-corrected chi connectivity index (χ4v) is 11.7. The number of nitrogens with zero attached hydrogens (tertiary/aromatic N) is 5. The Labute approximate surface area is 474 Å². The van der Waals surface area contributed by atoms with Crippen LogP contribution in [0, 0.1) is 0 Å². The molecule has 5 N–H and O–H groups in total. The number of aliphatic hydroxyl groups is 5. The Balaban J connectivity index is 2.91. The average molecular weight is 1080 g/mol. The van der Waals surface area contributed by atoms with Crippen LogP contribution in [0.25, 0.3) is 0 Å². The Hall–Kier alpha value is -0.400. The molecular weight excluding hydrogens is 943 g/mol. The van der Waals surface area contributed by atoms with Crippen molar-refractivity contribution in [1.29, 1.82) is 0 Å². The summed E-state index contributed by atoms with van der Waals surface area (Å²) in [4.78, 5) is 12.4. The molecule has 1 aliphatic rings. The third-order valence-corrected chi connectivity index (χ3v) is 17.0. The van der Waals surface area contributed by atoms with Gasteiger partial charge in [-0.15, -0.1) is 0 Å². The van der Waals surface area contributed by atoms with Crippen molar-refractivity contribution in [2.24, 2.45) is 0 Å². The summed E-state index contributed by atoms with van der Waals surface area (Å²) in [5.74, 6) is 0. The molecule has 0 aromatic heterocycles. The van der Waals surface area contributed by atoms with Gasteiger partial charge in [0.2, 0.25) is 0 Å². The van der Waals surface area contributed by atoms with E-state index in [4.69, 9.17) is 0 Å². The van der Waals surface area contributed by atoms with Gasteiger partial charge in [-0.05, 0) is 32.1 Å². The summed E-state index contributed by atoms with van der Waals surface area (Å²) in [6, 6.07) is 0. The summed E-state index contributed by atoms with van der Waals surface area (Å²) in [5.41, 5.74) is 0. The molecule has 10 heteroatoms. The molecule has 0 aliphatic carbocycles. The predicted octanol–water partition coefficient (Wildman–Crippen LogP) is 14.4. The first kappa shape index (κ1) is 73.6. The summed E-state index contributed by atoms with van der Waals surface area (Å²) in [5, 5.41) is 56.6. The number of aliphatic hydroxyl groups excluding tert-OH is 5. The van der Waals surface area contributed by atoms with E-state index in [0.717, 1.165) is 130 Å². The van der Waals surface area contributed by atoms with Crippen LogP contribution in [0.1, 0.15) is 298 Å². The quantitative estimate of drug-likeness (QED) is 0.0377. The molecule has 0 radical (unpaired) electrons. The Morgan fingerprint density at radius 2 is 0.434 bits per heavy atom. The molecule has 1 heterocycles. The van der Waals surface area contributed by atoms with E-state index in [9.17, 15) is 25.5 Å². The van der Waals surface area contributed by atoms with Gasteiger partial charge in [0.15, 0.2) is 0 Å². The van der Waals surface area contributed by atoms with Crippen LogP contribution in [-0.4, -0.2) is 179 Å². The van der Waals surface area contributed by atoms with Crippen molar-refractivity contribution in [2.45, 2.75) is 328 Å². The smallest absolute Gasteiger partial charge is 0.0667 e. The van der Waals surface area contributed by atoms with Gasteiger partial charge in [0.1, 0.15) is 0 Å². The van der Waals surface area contributed by atoms with Gasteiger partial charge >= 0.3 is 0 Å². The monoisotopic (exact) mass is 1080 g/mol. The minimum Gasteiger partial charge on any atom is -0.392 e. The zero-order valence-electron chi connectivity index (χ0n) is 52.0. The molecule has 0 saturated carbocycles. The molecule has 0 spiro atoms. The molecule has 0 bridgehead atoms. The van der Waals surface area contributed by atoms with Crippen LogP contribution in [0.4, 0.5) is 0 Å². The highest BCUT2D eigenvalue weighted by Crippen LogP contribution is 2.17.